The van der Waals surface area contributed by atoms with E-state index in [2.05, 4.69) is 15.0 Å². The average Bonchev–Trinajstić information content (AvgIpc) is 3.07. The zero-order chi connectivity index (χ0) is 17.7. The van der Waals surface area contributed by atoms with Crippen molar-refractivity contribution >= 4 is 21.5 Å². The Morgan fingerprint density at radius 3 is 2.80 bits per heavy atom. The molecule has 1 aromatic carbocycles. The Kier molecular flexibility index (Phi) is 5.25. The van der Waals surface area contributed by atoms with Crippen molar-refractivity contribution in [2.24, 2.45) is 0 Å². The minimum atomic E-state index is -3.73. The van der Waals surface area contributed by atoms with Gasteiger partial charge in [0, 0.05) is 26.3 Å². The summed E-state index contributed by atoms with van der Waals surface area (Å²) in [6, 6.07) is 7.83. The van der Waals surface area contributed by atoms with E-state index in [0.717, 1.165) is 13.0 Å². The number of rotatable bonds is 8. The van der Waals surface area contributed by atoms with Crippen LogP contribution in [0.3, 0.4) is 0 Å². The highest BCUT2D eigenvalue weighted by Crippen LogP contribution is 2.34. The summed E-state index contributed by atoms with van der Waals surface area (Å²) < 4.78 is 42.8. The zero-order valence-electron chi connectivity index (χ0n) is 13.7. The van der Waals surface area contributed by atoms with Crippen molar-refractivity contribution in [3.63, 3.8) is 0 Å². The summed E-state index contributed by atoms with van der Waals surface area (Å²) in [5, 5.41) is 3.13. The third kappa shape index (κ3) is 4.31. The van der Waals surface area contributed by atoms with E-state index in [9.17, 15) is 8.42 Å². The number of fused-ring (bicyclic) bond motifs is 1. The van der Waals surface area contributed by atoms with Crippen molar-refractivity contribution in [2.45, 2.75) is 11.3 Å². The van der Waals surface area contributed by atoms with Gasteiger partial charge in [-0.15, -0.1) is 0 Å². The predicted octanol–water partition coefficient (Wildman–Crippen LogP) is 2.06. The second-order valence-corrected chi connectivity index (χ2v) is 7.01. The summed E-state index contributed by atoms with van der Waals surface area (Å²) in [6.45, 7) is 1.48. The number of hydrogen-bond acceptors (Lipinski definition) is 7. The summed E-state index contributed by atoms with van der Waals surface area (Å²) in [4.78, 5) is 4.28. The third-order valence-corrected chi connectivity index (χ3v) is 4.88. The van der Waals surface area contributed by atoms with Crippen LogP contribution in [0.2, 0.25) is 0 Å². The first-order chi connectivity index (χ1) is 12.1. The van der Waals surface area contributed by atoms with Crippen LogP contribution in [-0.2, 0) is 14.8 Å². The van der Waals surface area contributed by atoms with Crippen LogP contribution < -0.4 is 19.5 Å². The van der Waals surface area contributed by atoms with E-state index in [-0.39, 0.29) is 11.7 Å². The molecule has 2 heterocycles. The number of pyridine rings is 1. The minimum absolute atomic E-state index is 0.0923. The van der Waals surface area contributed by atoms with Gasteiger partial charge in [-0.25, -0.2) is 13.4 Å². The van der Waals surface area contributed by atoms with Gasteiger partial charge in [-0.2, -0.15) is 0 Å². The molecule has 0 amide bonds. The second-order valence-electron chi connectivity index (χ2n) is 5.33. The van der Waals surface area contributed by atoms with Gasteiger partial charge in [-0.3, -0.25) is 4.72 Å². The quantitative estimate of drug-likeness (QED) is 0.691. The van der Waals surface area contributed by atoms with E-state index in [0.29, 0.717) is 29.6 Å². The van der Waals surface area contributed by atoms with Gasteiger partial charge < -0.3 is 19.5 Å². The fourth-order valence-electron chi connectivity index (χ4n) is 2.25. The highest BCUT2D eigenvalue weighted by Gasteiger charge is 2.20. The van der Waals surface area contributed by atoms with Crippen LogP contribution in [0.5, 0.6) is 11.5 Å². The number of anilines is 2. The Hall–Kier alpha value is -2.52. The van der Waals surface area contributed by atoms with Gasteiger partial charge in [0.25, 0.3) is 10.0 Å². The lowest BCUT2D eigenvalue weighted by atomic mass is 10.3. The monoisotopic (exact) mass is 365 g/mol. The number of sulfonamides is 1. The molecule has 9 heteroatoms. The lowest BCUT2D eigenvalue weighted by molar-refractivity contribution is 0.174. The van der Waals surface area contributed by atoms with E-state index < -0.39 is 10.0 Å². The molecule has 0 radical (unpaired) electrons. The van der Waals surface area contributed by atoms with Gasteiger partial charge in [0.1, 0.15) is 5.82 Å². The molecule has 25 heavy (non-hydrogen) atoms. The molecule has 0 spiro atoms. The maximum absolute atomic E-state index is 12.5. The molecule has 0 bridgehead atoms. The average molecular weight is 365 g/mol. The summed E-state index contributed by atoms with van der Waals surface area (Å²) >= 11 is 0. The standard InChI is InChI=1S/C16H19N3O5S/c1-22-8-2-7-17-16-6-3-12(10-18-16)19-25(20,21)13-4-5-14-15(9-13)24-11-23-14/h3-6,9-10,19H,2,7-8,11H2,1H3,(H,17,18). The number of methoxy groups -OCH3 is 1. The summed E-state index contributed by atoms with van der Waals surface area (Å²) in [5.41, 5.74) is 0.375. The first-order valence-corrected chi connectivity index (χ1v) is 9.18. The summed E-state index contributed by atoms with van der Waals surface area (Å²) in [6.07, 6.45) is 2.32. The first kappa shape index (κ1) is 17.3. The molecule has 0 fully saturated rings. The molecule has 3 rings (SSSR count). The molecule has 1 aliphatic rings. The summed E-state index contributed by atoms with van der Waals surface area (Å²) in [5.74, 6) is 1.61. The van der Waals surface area contributed by atoms with Crippen molar-refractivity contribution in [3.8, 4) is 11.5 Å². The largest absolute Gasteiger partial charge is 0.454 e. The molecule has 2 aromatic rings. The highest BCUT2D eigenvalue weighted by molar-refractivity contribution is 7.92. The van der Waals surface area contributed by atoms with Crippen molar-refractivity contribution in [1.29, 1.82) is 0 Å². The van der Waals surface area contributed by atoms with Gasteiger partial charge >= 0.3 is 0 Å². The normalized spacial score (nSPS) is 12.8. The molecule has 1 aromatic heterocycles. The predicted molar refractivity (Wildman–Crippen MR) is 92.6 cm³/mol. The number of nitrogens with zero attached hydrogens (tertiary/aromatic N) is 1. The Bertz CT molecular complexity index is 824. The van der Waals surface area contributed by atoms with Crippen LogP contribution in [0.15, 0.2) is 41.4 Å². The number of nitrogens with one attached hydrogen (secondary N) is 2. The number of aromatic nitrogens is 1. The Labute approximate surface area is 146 Å². The smallest absolute Gasteiger partial charge is 0.262 e. The lowest BCUT2D eigenvalue weighted by Gasteiger charge is -2.10. The Morgan fingerprint density at radius 2 is 2.04 bits per heavy atom. The lowest BCUT2D eigenvalue weighted by Crippen LogP contribution is -2.13. The van der Waals surface area contributed by atoms with Gasteiger partial charge in [-0.05, 0) is 30.7 Å². The maximum atomic E-state index is 12.5. The molecule has 0 saturated carbocycles. The van der Waals surface area contributed by atoms with Crippen LogP contribution in [0.4, 0.5) is 11.5 Å². The van der Waals surface area contributed by atoms with E-state index in [1.807, 2.05) is 0 Å². The molecule has 8 nitrogen and oxygen atoms in total. The number of benzene rings is 1. The van der Waals surface area contributed by atoms with Crippen molar-refractivity contribution in [1.82, 2.24) is 4.98 Å². The number of ether oxygens (including phenoxy) is 3. The first-order valence-electron chi connectivity index (χ1n) is 7.70. The third-order valence-electron chi connectivity index (χ3n) is 3.50. The Morgan fingerprint density at radius 1 is 1.20 bits per heavy atom. The van der Waals surface area contributed by atoms with E-state index >= 15 is 0 Å². The topological polar surface area (TPSA) is 98.8 Å². The fraction of sp³-hybridized carbons (Fsp3) is 0.312. The van der Waals surface area contributed by atoms with Gasteiger partial charge in [0.15, 0.2) is 11.5 Å². The molecule has 0 unspecified atom stereocenters. The van der Waals surface area contributed by atoms with Crippen LogP contribution in [-0.4, -0.2) is 40.5 Å². The van der Waals surface area contributed by atoms with Crippen LogP contribution in [0, 0.1) is 0 Å². The zero-order valence-corrected chi connectivity index (χ0v) is 14.5. The van der Waals surface area contributed by atoms with Gasteiger partial charge in [-0.1, -0.05) is 0 Å². The molecule has 0 atom stereocenters. The molecule has 0 saturated heterocycles. The number of hydrogen-bond donors (Lipinski definition) is 2. The molecule has 134 valence electrons. The van der Waals surface area contributed by atoms with Crippen molar-refractivity contribution < 1.29 is 22.6 Å². The van der Waals surface area contributed by atoms with Crippen LogP contribution >= 0.6 is 0 Å². The Balaban J connectivity index is 1.64. The molecule has 2 N–H and O–H groups in total. The van der Waals surface area contributed by atoms with Gasteiger partial charge in [0.05, 0.1) is 16.8 Å². The molecule has 1 aliphatic heterocycles. The maximum Gasteiger partial charge on any atom is 0.262 e. The van der Waals surface area contributed by atoms with E-state index in [1.165, 1.54) is 18.3 Å². The highest BCUT2D eigenvalue weighted by atomic mass is 32.2. The summed E-state index contributed by atoms with van der Waals surface area (Å²) in [7, 11) is -2.08. The van der Waals surface area contributed by atoms with E-state index in [4.69, 9.17) is 14.2 Å². The van der Waals surface area contributed by atoms with Gasteiger partial charge in [0.2, 0.25) is 6.79 Å². The second kappa shape index (κ2) is 7.58. The SMILES string of the molecule is COCCCNc1ccc(NS(=O)(=O)c2ccc3c(c2)OCO3)cn1. The molecule has 0 aliphatic carbocycles. The molecular formula is C16H19N3O5S. The van der Waals surface area contributed by atoms with Crippen LogP contribution in [0.1, 0.15) is 6.42 Å². The van der Waals surface area contributed by atoms with Crippen molar-refractivity contribution in [2.75, 3.05) is 37.1 Å². The fourth-order valence-corrected chi connectivity index (χ4v) is 3.31. The minimum Gasteiger partial charge on any atom is -0.454 e. The van der Waals surface area contributed by atoms with Crippen molar-refractivity contribution in [3.05, 3.63) is 36.5 Å². The van der Waals surface area contributed by atoms with E-state index in [1.54, 1.807) is 25.3 Å². The molecular weight excluding hydrogens is 346 g/mol. The van der Waals surface area contributed by atoms with Crippen LogP contribution in [0.25, 0.3) is 0 Å².